The molecule has 0 amide bonds. The third-order valence-corrected chi connectivity index (χ3v) is 3.49. The summed E-state index contributed by atoms with van der Waals surface area (Å²) in [5.74, 6) is 0. The first-order valence-electron chi connectivity index (χ1n) is 6.71. The summed E-state index contributed by atoms with van der Waals surface area (Å²) in [5.41, 5.74) is 4.56. The van der Waals surface area contributed by atoms with Crippen molar-refractivity contribution in [3.63, 3.8) is 0 Å². The van der Waals surface area contributed by atoms with Crippen LogP contribution in [0.25, 0.3) is 10.9 Å². The van der Waals surface area contributed by atoms with E-state index in [4.69, 9.17) is 0 Å². The molecule has 0 saturated carbocycles. The van der Waals surface area contributed by atoms with Gasteiger partial charge in [0.15, 0.2) is 0 Å². The first-order valence-corrected chi connectivity index (χ1v) is 6.71. The van der Waals surface area contributed by atoms with E-state index in [1.54, 1.807) is 12.4 Å². The van der Waals surface area contributed by atoms with Crippen molar-refractivity contribution in [3.8, 4) is 6.07 Å². The molecule has 1 N–H and O–H groups in total. The zero-order valence-electron chi connectivity index (χ0n) is 11.7. The van der Waals surface area contributed by atoms with Gasteiger partial charge in [-0.1, -0.05) is 18.2 Å². The van der Waals surface area contributed by atoms with Crippen molar-refractivity contribution in [2.24, 2.45) is 0 Å². The van der Waals surface area contributed by atoms with Crippen molar-refractivity contribution < 1.29 is 0 Å². The molecule has 3 rings (SSSR count). The maximum Gasteiger partial charge on any atom is 0.103 e. The normalized spacial score (nSPS) is 10.3. The van der Waals surface area contributed by atoms with Crippen molar-refractivity contribution in [2.75, 3.05) is 5.32 Å². The quantitative estimate of drug-likeness (QED) is 0.795. The zero-order chi connectivity index (χ0) is 14.7. The molecule has 0 aliphatic heterocycles. The van der Waals surface area contributed by atoms with Gasteiger partial charge in [-0.3, -0.25) is 9.97 Å². The first-order chi connectivity index (χ1) is 10.3. The van der Waals surface area contributed by atoms with Crippen molar-refractivity contribution >= 4 is 16.6 Å². The summed E-state index contributed by atoms with van der Waals surface area (Å²) in [6.07, 6.45) is 5.23. The monoisotopic (exact) mass is 274 g/mol. The summed E-state index contributed by atoms with van der Waals surface area (Å²) in [7, 11) is 0. The highest BCUT2D eigenvalue weighted by Crippen LogP contribution is 2.26. The van der Waals surface area contributed by atoms with Gasteiger partial charge in [0, 0.05) is 30.5 Å². The Morgan fingerprint density at radius 1 is 1.19 bits per heavy atom. The lowest BCUT2D eigenvalue weighted by atomic mass is 10.1. The van der Waals surface area contributed by atoms with E-state index in [9.17, 15) is 5.26 Å². The van der Waals surface area contributed by atoms with Crippen molar-refractivity contribution in [1.29, 1.82) is 5.26 Å². The largest absolute Gasteiger partial charge is 0.379 e. The van der Waals surface area contributed by atoms with Gasteiger partial charge in [0.05, 0.1) is 16.8 Å². The molecule has 0 aliphatic carbocycles. The molecule has 0 atom stereocenters. The number of benzene rings is 1. The van der Waals surface area contributed by atoms with E-state index in [1.165, 1.54) is 0 Å². The Morgan fingerprint density at radius 2 is 2.05 bits per heavy atom. The summed E-state index contributed by atoms with van der Waals surface area (Å²) in [6, 6.07) is 12.0. The predicted octanol–water partition coefficient (Wildman–Crippen LogP) is 3.42. The molecule has 3 aromatic rings. The third-order valence-electron chi connectivity index (χ3n) is 3.49. The Bertz CT molecular complexity index is 834. The van der Waals surface area contributed by atoms with E-state index in [1.807, 2.05) is 43.5 Å². The number of pyridine rings is 2. The van der Waals surface area contributed by atoms with Crippen LogP contribution in [0.2, 0.25) is 0 Å². The van der Waals surface area contributed by atoms with E-state index in [2.05, 4.69) is 21.4 Å². The van der Waals surface area contributed by atoms with Gasteiger partial charge >= 0.3 is 0 Å². The minimum absolute atomic E-state index is 0.556. The van der Waals surface area contributed by atoms with Crippen molar-refractivity contribution in [2.45, 2.75) is 13.5 Å². The van der Waals surface area contributed by atoms with Crippen LogP contribution in [-0.2, 0) is 6.54 Å². The molecule has 0 aliphatic rings. The number of aryl methyl sites for hydroxylation is 1. The molecule has 4 heteroatoms. The lowest BCUT2D eigenvalue weighted by Gasteiger charge is -2.12. The SMILES string of the molecule is Cc1cnccc1CNc1c(C#N)cnc2ccccc12. The molecule has 102 valence electrons. The fraction of sp³-hybridized carbons (Fsp3) is 0.118. The maximum atomic E-state index is 9.29. The van der Waals surface area contributed by atoms with Gasteiger partial charge in [0.25, 0.3) is 0 Å². The Kier molecular flexibility index (Phi) is 3.48. The van der Waals surface area contributed by atoms with Crippen LogP contribution < -0.4 is 5.32 Å². The van der Waals surface area contributed by atoms with E-state index in [-0.39, 0.29) is 0 Å². The van der Waals surface area contributed by atoms with Gasteiger partial charge < -0.3 is 5.32 Å². The predicted molar refractivity (Wildman–Crippen MR) is 82.8 cm³/mol. The van der Waals surface area contributed by atoms with E-state index in [0.29, 0.717) is 12.1 Å². The Morgan fingerprint density at radius 3 is 2.86 bits per heavy atom. The average Bonchev–Trinajstić information content (AvgIpc) is 2.53. The average molecular weight is 274 g/mol. The molecular weight excluding hydrogens is 260 g/mol. The molecule has 21 heavy (non-hydrogen) atoms. The lowest BCUT2D eigenvalue weighted by Crippen LogP contribution is -2.04. The topological polar surface area (TPSA) is 61.6 Å². The molecule has 4 nitrogen and oxygen atoms in total. The number of nitriles is 1. The fourth-order valence-corrected chi connectivity index (χ4v) is 2.30. The lowest BCUT2D eigenvalue weighted by molar-refractivity contribution is 1.09. The van der Waals surface area contributed by atoms with Gasteiger partial charge in [0.2, 0.25) is 0 Å². The van der Waals surface area contributed by atoms with Gasteiger partial charge in [-0.25, -0.2) is 0 Å². The summed E-state index contributed by atoms with van der Waals surface area (Å²) in [6.45, 7) is 2.68. The maximum absolute atomic E-state index is 9.29. The smallest absolute Gasteiger partial charge is 0.103 e. The summed E-state index contributed by atoms with van der Waals surface area (Å²) in [5, 5.41) is 13.6. The van der Waals surface area contributed by atoms with E-state index < -0.39 is 0 Å². The van der Waals surface area contributed by atoms with E-state index in [0.717, 1.165) is 27.7 Å². The molecule has 0 bridgehead atoms. The fourth-order valence-electron chi connectivity index (χ4n) is 2.30. The van der Waals surface area contributed by atoms with Crippen LogP contribution in [0, 0.1) is 18.3 Å². The molecule has 1 aromatic carbocycles. The Hall–Kier alpha value is -2.93. The number of hydrogen-bond acceptors (Lipinski definition) is 4. The van der Waals surface area contributed by atoms with Gasteiger partial charge in [-0.2, -0.15) is 5.26 Å². The molecular formula is C17H14N4. The number of anilines is 1. The van der Waals surface area contributed by atoms with E-state index >= 15 is 0 Å². The van der Waals surface area contributed by atoms with Gasteiger partial charge in [-0.15, -0.1) is 0 Å². The minimum Gasteiger partial charge on any atom is -0.379 e. The number of hydrogen-bond donors (Lipinski definition) is 1. The summed E-state index contributed by atoms with van der Waals surface area (Å²) in [4.78, 5) is 8.41. The number of fused-ring (bicyclic) bond motifs is 1. The highest BCUT2D eigenvalue weighted by molar-refractivity contribution is 5.93. The van der Waals surface area contributed by atoms with Crippen LogP contribution in [-0.4, -0.2) is 9.97 Å². The van der Waals surface area contributed by atoms with Crippen molar-refractivity contribution in [1.82, 2.24) is 9.97 Å². The highest BCUT2D eigenvalue weighted by atomic mass is 14.9. The summed E-state index contributed by atoms with van der Waals surface area (Å²) >= 11 is 0. The second-order valence-corrected chi connectivity index (χ2v) is 4.83. The van der Waals surface area contributed by atoms with Crippen LogP contribution in [0.1, 0.15) is 16.7 Å². The molecule has 0 saturated heterocycles. The standard InChI is InChI=1S/C17H14N4/c1-12-9-19-7-6-13(12)10-21-17-14(8-18)11-20-16-5-3-2-4-15(16)17/h2-7,9,11H,10H2,1H3,(H,20,21). The zero-order valence-corrected chi connectivity index (χ0v) is 11.7. The molecule has 2 heterocycles. The number of aromatic nitrogens is 2. The molecule has 0 spiro atoms. The third kappa shape index (κ3) is 2.54. The number of nitrogens with one attached hydrogen (secondary N) is 1. The van der Waals surface area contributed by atoms with Crippen LogP contribution in [0.4, 0.5) is 5.69 Å². The minimum atomic E-state index is 0.556. The molecule has 0 unspecified atom stereocenters. The van der Waals surface area contributed by atoms with Crippen LogP contribution in [0.3, 0.4) is 0 Å². The van der Waals surface area contributed by atoms with Crippen LogP contribution >= 0.6 is 0 Å². The second kappa shape index (κ2) is 5.59. The Balaban J connectivity index is 2.00. The number of nitrogens with zero attached hydrogens (tertiary/aromatic N) is 3. The van der Waals surface area contributed by atoms with Crippen molar-refractivity contribution in [3.05, 3.63) is 65.6 Å². The number of para-hydroxylation sites is 1. The Labute approximate surface area is 123 Å². The van der Waals surface area contributed by atoms with Crippen LogP contribution in [0.5, 0.6) is 0 Å². The number of rotatable bonds is 3. The highest BCUT2D eigenvalue weighted by Gasteiger charge is 2.08. The molecule has 2 aromatic heterocycles. The van der Waals surface area contributed by atoms with Gasteiger partial charge in [0.1, 0.15) is 6.07 Å². The van der Waals surface area contributed by atoms with Crippen LogP contribution in [0.15, 0.2) is 48.9 Å². The first kappa shape index (κ1) is 13.1. The summed E-state index contributed by atoms with van der Waals surface area (Å²) < 4.78 is 0. The second-order valence-electron chi connectivity index (χ2n) is 4.83. The molecule has 0 radical (unpaired) electrons. The molecule has 0 fully saturated rings. The van der Waals surface area contributed by atoms with Gasteiger partial charge in [-0.05, 0) is 30.2 Å².